The molecule has 24 heavy (non-hydrogen) atoms. The van der Waals surface area contributed by atoms with Gasteiger partial charge in [-0.2, -0.15) is 0 Å². The number of benzene rings is 2. The molecule has 1 heterocycles. The van der Waals surface area contributed by atoms with Crippen molar-refractivity contribution >= 4 is 0 Å². The lowest BCUT2D eigenvalue weighted by molar-refractivity contribution is -0.416. The van der Waals surface area contributed by atoms with Crippen molar-refractivity contribution in [2.75, 3.05) is 28.2 Å². The summed E-state index contributed by atoms with van der Waals surface area (Å²) >= 11 is 0. The van der Waals surface area contributed by atoms with Gasteiger partial charge in [-0.25, -0.2) is 0 Å². The second-order valence-corrected chi connectivity index (χ2v) is 5.20. The van der Waals surface area contributed by atoms with Gasteiger partial charge in [0.2, 0.25) is 0 Å². The Morgan fingerprint density at radius 1 is 0.917 bits per heavy atom. The summed E-state index contributed by atoms with van der Waals surface area (Å²) in [6.07, 6.45) is -1.82. The minimum atomic E-state index is -3.22. The molecule has 0 fully saturated rings. The number of hydrogen-bond acceptors (Lipinski definition) is 5. The highest BCUT2D eigenvalue weighted by molar-refractivity contribution is 5.42. The van der Waals surface area contributed by atoms with E-state index < -0.39 is 38.8 Å². The Labute approximate surface area is 154 Å². The Bertz CT molecular complexity index is 961. The summed E-state index contributed by atoms with van der Waals surface area (Å²) in [5, 5.41) is 0. The number of fused-ring (bicyclic) bond motifs is 1. The summed E-state index contributed by atoms with van der Waals surface area (Å²) in [5.74, 6) is -5.40. The van der Waals surface area contributed by atoms with Gasteiger partial charge in [0.1, 0.15) is 11.9 Å². The van der Waals surface area contributed by atoms with E-state index in [1.54, 1.807) is 12.1 Å². The van der Waals surface area contributed by atoms with Gasteiger partial charge in [0.15, 0.2) is 0 Å². The number of hydrogen-bond donors (Lipinski definition) is 0. The Morgan fingerprint density at radius 2 is 1.67 bits per heavy atom. The molecule has 0 saturated heterocycles. The third-order valence-corrected chi connectivity index (χ3v) is 4.13. The standard InChI is InChI=1S/C19H22O5/c1-20-17-15-12-8-9-13-16(15)24-18(21-2,19(17,22-3)23-4)14-10-6-5-7-11-14/h5-13,17H,1-4H3/t17-,18+/m1/s1/i1D3,2D3,3D3/t17-,18+,19+. The molecule has 2 aromatic rings. The first-order valence-corrected chi connectivity index (χ1v) is 7.09. The van der Waals surface area contributed by atoms with Crippen molar-refractivity contribution in [1.82, 2.24) is 0 Å². The topological polar surface area (TPSA) is 46.2 Å². The van der Waals surface area contributed by atoms with Gasteiger partial charge in [-0.1, -0.05) is 48.5 Å². The molecule has 5 nitrogen and oxygen atoms in total. The maximum Gasteiger partial charge on any atom is 0.295 e. The van der Waals surface area contributed by atoms with Gasteiger partial charge >= 0.3 is 0 Å². The minimum Gasteiger partial charge on any atom is -0.452 e. The van der Waals surface area contributed by atoms with E-state index in [1.807, 2.05) is 0 Å². The third kappa shape index (κ3) is 2.17. The van der Waals surface area contributed by atoms with Crippen LogP contribution in [0.1, 0.15) is 29.6 Å². The lowest BCUT2D eigenvalue weighted by Crippen LogP contribution is -2.64. The van der Waals surface area contributed by atoms with E-state index in [0.29, 0.717) is 0 Å². The van der Waals surface area contributed by atoms with Crippen molar-refractivity contribution < 1.29 is 36.0 Å². The highest BCUT2D eigenvalue weighted by atomic mass is 16.8. The fraction of sp³-hybridized carbons (Fsp3) is 0.368. The van der Waals surface area contributed by atoms with Crippen LogP contribution in [0, 0.1) is 0 Å². The van der Waals surface area contributed by atoms with Crippen molar-refractivity contribution in [1.29, 1.82) is 0 Å². The summed E-state index contributed by atoms with van der Waals surface area (Å²) in [6.45, 7) is 0. The Hall–Kier alpha value is -1.92. The number of methoxy groups -OCH3 is 4. The smallest absolute Gasteiger partial charge is 0.295 e. The van der Waals surface area contributed by atoms with Crippen molar-refractivity contribution in [3.63, 3.8) is 0 Å². The monoisotopic (exact) mass is 339 g/mol. The molecule has 5 heteroatoms. The zero-order valence-electron chi connectivity index (χ0n) is 21.8. The summed E-state index contributed by atoms with van der Waals surface area (Å²) in [4.78, 5) is 0. The van der Waals surface area contributed by atoms with Crippen molar-refractivity contribution in [3.05, 3.63) is 65.7 Å². The average Bonchev–Trinajstić information content (AvgIpc) is 2.68. The minimum absolute atomic E-state index is 0.0123. The van der Waals surface area contributed by atoms with E-state index in [-0.39, 0.29) is 16.9 Å². The van der Waals surface area contributed by atoms with E-state index in [9.17, 15) is 0 Å². The predicted octanol–water partition coefficient (Wildman–Crippen LogP) is 3.26. The Kier molecular flexibility index (Phi) is 2.44. The molecule has 0 amide bonds. The number of ether oxygens (including phenoxy) is 5. The maximum absolute atomic E-state index is 7.78. The van der Waals surface area contributed by atoms with Gasteiger partial charge in [0.05, 0.1) is 12.3 Å². The lowest BCUT2D eigenvalue weighted by atomic mass is 9.85. The molecule has 1 aliphatic heterocycles. The van der Waals surface area contributed by atoms with Crippen molar-refractivity contribution in [2.24, 2.45) is 0 Å². The van der Waals surface area contributed by atoms with Crippen molar-refractivity contribution in [3.8, 4) is 5.75 Å². The largest absolute Gasteiger partial charge is 0.452 e. The van der Waals surface area contributed by atoms with E-state index >= 15 is 0 Å². The molecule has 0 bridgehead atoms. The van der Waals surface area contributed by atoms with Crippen LogP contribution in [0.3, 0.4) is 0 Å². The number of rotatable bonds is 5. The first kappa shape index (κ1) is 8.97. The fourth-order valence-corrected chi connectivity index (χ4v) is 3.01. The Morgan fingerprint density at radius 3 is 2.38 bits per heavy atom. The second-order valence-electron chi connectivity index (χ2n) is 5.20. The normalized spacial score (nSPS) is 36.0. The molecule has 0 radical (unpaired) electrons. The average molecular weight is 339 g/mol. The molecule has 3 rings (SSSR count). The molecule has 0 aliphatic carbocycles. The van der Waals surface area contributed by atoms with Crippen LogP contribution in [-0.4, -0.2) is 34.0 Å². The summed E-state index contributed by atoms with van der Waals surface area (Å²) in [6, 6.07) is 13.4. The second kappa shape index (κ2) is 6.53. The Balaban J connectivity index is 2.44. The molecular weight excluding hydrogens is 308 g/mol. The van der Waals surface area contributed by atoms with Crippen molar-refractivity contribution in [2.45, 2.75) is 17.7 Å². The first-order valence-electron chi connectivity index (χ1n) is 11.6. The molecule has 2 aromatic carbocycles. The van der Waals surface area contributed by atoms with Crippen LogP contribution in [0.25, 0.3) is 0 Å². The molecule has 0 spiro atoms. The highest BCUT2D eigenvalue weighted by Gasteiger charge is 2.66. The van der Waals surface area contributed by atoms with Crippen LogP contribution in [0.2, 0.25) is 0 Å². The highest BCUT2D eigenvalue weighted by Crippen LogP contribution is 2.54. The van der Waals surface area contributed by atoms with E-state index in [4.69, 9.17) is 36.0 Å². The molecule has 0 N–H and O–H groups in total. The van der Waals surface area contributed by atoms with E-state index in [0.717, 1.165) is 7.11 Å². The molecular formula is C19H22O5. The summed E-state index contributed by atoms with van der Waals surface area (Å²) in [5.41, 5.74) is 0.0429. The van der Waals surface area contributed by atoms with Crippen LogP contribution >= 0.6 is 0 Å². The quantitative estimate of drug-likeness (QED) is 0.783. The van der Waals surface area contributed by atoms with Gasteiger partial charge < -0.3 is 23.7 Å². The lowest BCUT2D eigenvalue weighted by Gasteiger charge is -2.52. The van der Waals surface area contributed by atoms with Crippen LogP contribution in [0.5, 0.6) is 5.75 Å². The van der Waals surface area contributed by atoms with Gasteiger partial charge in [-0.3, -0.25) is 0 Å². The fourth-order valence-electron chi connectivity index (χ4n) is 3.01. The predicted molar refractivity (Wildman–Crippen MR) is 88.7 cm³/mol. The van der Waals surface area contributed by atoms with Gasteiger partial charge in [-0.15, -0.1) is 0 Å². The van der Waals surface area contributed by atoms with Gasteiger partial charge in [0, 0.05) is 39.4 Å². The molecule has 0 unspecified atom stereocenters. The zero-order chi connectivity index (χ0) is 24.7. The zero-order valence-corrected chi connectivity index (χ0v) is 12.8. The third-order valence-electron chi connectivity index (χ3n) is 4.13. The van der Waals surface area contributed by atoms with Crippen LogP contribution in [0.15, 0.2) is 54.6 Å². The van der Waals surface area contributed by atoms with Crippen LogP contribution < -0.4 is 4.74 Å². The van der Waals surface area contributed by atoms with Gasteiger partial charge in [0.25, 0.3) is 11.6 Å². The molecule has 0 saturated carbocycles. The summed E-state index contributed by atoms with van der Waals surface area (Å²) in [7, 11) is -8.45. The van der Waals surface area contributed by atoms with Crippen LogP contribution in [-0.2, 0) is 24.7 Å². The molecule has 128 valence electrons. The SMILES string of the molecule is [2H]C([2H])([2H])O[C@@H]1c2ccccc2O[C@@](OC([2H])([2H])[2H])(c2ccccc2)[C@]1(OC)OC([2H])([2H])[2H]. The van der Waals surface area contributed by atoms with E-state index in [1.165, 1.54) is 42.5 Å². The molecule has 3 atom stereocenters. The first-order chi connectivity index (χ1) is 15.1. The van der Waals surface area contributed by atoms with Crippen LogP contribution in [0.4, 0.5) is 0 Å². The van der Waals surface area contributed by atoms with E-state index in [2.05, 4.69) is 0 Å². The number of para-hydroxylation sites is 1. The maximum atomic E-state index is 7.78. The molecule has 0 aromatic heterocycles. The molecule has 1 aliphatic rings. The van der Waals surface area contributed by atoms with Gasteiger partial charge in [-0.05, 0) is 6.07 Å². The summed E-state index contributed by atoms with van der Waals surface area (Å²) < 4.78 is 97.3.